The topological polar surface area (TPSA) is 81.5 Å². The zero-order valence-corrected chi connectivity index (χ0v) is 14.8. The Labute approximate surface area is 160 Å². The molecule has 0 bridgehead atoms. The lowest BCUT2D eigenvalue weighted by Gasteiger charge is -2.12. The first-order chi connectivity index (χ1) is 13.5. The third-order valence-corrected chi connectivity index (χ3v) is 4.01. The van der Waals surface area contributed by atoms with Gasteiger partial charge in [-0.3, -0.25) is 14.9 Å². The Hall–Kier alpha value is -3.74. The zero-order valence-electron chi connectivity index (χ0n) is 14.8. The van der Waals surface area contributed by atoms with Crippen molar-refractivity contribution in [3.8, 4) is 5.75 Å². The molecule has 3 rings (SSSR count). The van der Waals surface area contributed by atoms with Gasteiger partial charge in [-0.2, -0.15) is 4.39 Å². The molecule has 0 radical (unpaired) electrons. The highest BCUT2D eigenvalue weighted by Crippen LogP contribution is 2.23. The van der Waals surface area contributed by atoms with E-state index in [-0.39, 0.29) is 12.4 Å². The molecule has 0 aromatic heterocycles. The smallest absolute Gasteiger partial charge is 0.305 e. The van der Waals surface area contributed by atoms with E-state index in [9.17, 15) is 19.3 Å². The summed E-state index contributed by atoms with van der Waals surface area (Å²) in [6.45, 7) is -0.350. The Morgan fingerprint density at radius 1 is 1.04 bits per heavy atom. The molecule has 0 saturated heterocycles. The number of carbonyl (C=O) groups is 1. The number of hydrogen-bond acceptors (Lipinski definition) is 4. The molecule has 3 aromatic rings. The van der Waals surface area contributed by atoms with Crippen LogP contribution in [0.4, 0.5) is 15.8 Å². The van der Waals surface area contributed by atoms with E-state index in [0.717, 1.165) is 23.3 Å². The molecule has 0 aliphatic heterocycles. The van der Waals surface area contributed by atoms with Crippen LogP contribution >= 0.6 is 0 Å². The molecule has 142 valence electrons. The Morgan fingerprint density at radius 2 is 1.75 bits per heavy atom. The second kappa shape index (κ2) is 8.77. The van der Waals surface area contributed by atoms with Crippen LogP contribution in [0.1, 0.15) is 11.1 Å². The van der Waals surface area contributed by atoms with Crippen molar-refractivity contribution in [1.29, 1.82) is 0 Å². The molecular weight excluding hydrogens is 363 g/mol. The maximum atomic E-state index is 13.6. The summed E-state index contributed by atoms with van der Waals surface area (Å²) in [6, 6.07) is 20.4. The monoisotopic (exact) mass is 380 g/mol. The van der Waals surface area contributed by atoms with Crippen LogP contribution in [0.5, 0.6) is 5.75 Å². The number of carbonyl (C=O) groups excluding carboxylic acids is 1. The van der Waals surface area contributed by atoms with Crippen molar-refractivity contribution in [3.63, 3.8) is 0 Å². The van der Waals surface area contributed by atoms with Crippen LogP contribution in [-0.2, 0) is 11.2 Å². The molecular formula is C21H17FN2O4. The van der Waals surface area contributed by atoms with Crippen LogP contribution in [0.25, 0.3) is 0 Å². The molecule has 0 unspecified atom stereocenters. The molecule has 1 N–H and O–H groups in total. The molecule has 7 heteroatoms. The summed E-state index contributed by atoms with van der Waals surface area (Å²) in [5.74, 6) is -1.40. The van der Waals surface area contributed by atoms with E-state index in [1.165, 1.54) is 6.07 Å². The molecule has 0 spiro atoms. The third-order valence-electron chi connectivity index (χ3n) is 4.01. The minimum atomic E-state index is -1.02. The van der Waals surface area contributed by atoms with Crippen molar-refractivity contribution < 1.29 is 18.8 Å². The highest BCUT2D eigenvalue weighted by Gasteiger charge is 2.15. The van der Waals surface area contributed by atoms with Gasteiger partial charge in [-0.1, -0.05) is 48.5 Å². The second-order valence-electron chi connectivity index (χ2n) is 6.03. The lowest BCUT2D eigenvalue weighted by molar-refractivity contribution is -0.387. The number of rotatable bonds is 7. The highest BCUT2D eigenvalue weighted by molar-refractivity contribution is 5.92. The van der Waals surface area contributed by atoms with E-state index in [1.54, 1.807) is 6.07 Å². The average Bonchev–Trinajstić information content (AvgIpc) is 2.68. The number of nitrogens with one attached hydrogen (secondary N) is 1. The fourth-order valence-corrected chi connectivity index (χ4v) is 2.67. The van der Waals surface area contributed by atoms with Crippen molar-refractivity contribution in [3.05, 3.63) is 99.9 Å². The van der Waals surface area contributed by atoms with Gasteiger partial charge < -0.3 is 10.1 Å². The van der Waals surface area contributed by atoms with Gasteiger partial charge in [0.15, 0.2) is 6.61 Å². The SMILES string of the molecule is O=C(COc1ccc([N+](=O)[O-])c(F)c1)Nc1ccccc1Cc1ccccc1. The fraction of sp³-hybridized carbons (Fsp3) is 0.0952. The van der Waals surface area contributed by atoms with E-state index < -0.39 is 22.3 Å². The molecule has 0 heterocycles. The number of nitrogens with zero attached hydrogens (tertiary/aromatic N) is 1. The van der Waals surface area contributed by atoms with Gasteiger partial charge in [-0.15, -0.1) is 0 Å². The highest BCUT2D eigenvalue weighted by atomic mass is 19.1. The standard InChI is InChI=1S/C21H17FN2O4/c22-18-13-17(10-11-20(18)24(26)27)28-14-21(25)23-19-9-5-4-8-16(19)12-15-6-2-1-3-7-15/h1-11,13H,12,14H2,(H,23,25). The number of amides is 1. The van der Waals surface area contributed by atoms with Crippen molar-refractivity contribution in [2.75, 3.05) is 11.9 Å². The largest absolute Gasteiger partial charge is 0.484 e. The number of para-hydroxylation sites is 1. The number of ether oxygens (including phenoxy) is 1. The summed E-state index contributed by atoms with van der Waals surface area (Å²) >= 11 is 0. The third kappa shape index (κ3) is 4.91. The van der Waals surface area contributed by atoms with Gasteiger partial charge in [0.05, 0.1) is 4.92 Å². The summed E-state index contributed by atoms with van der Waals surface area (Å²) in [5.41, 5.74) is 2.08. The molecule has 28 heavy (non-hydrogen) atoms. The molecule has 3 aromatic carbocycles. The minimum Gasteiger partial charge on any atom is -0.484 e. The minimum absolute atomic E-state index is 0.0378. The van der Waals surface area contributed by atoms with Crippen molar-refractivity contribution in [2.24, 2.45) is 0 Å². The Bertz CT molecular complexity index is 993. The number of nitro groups is 1. The Kier molecular flexibility index (Phi) is 5.96. The average molecular weight is 380 g/mol. The first-order valence-corrected chi connectivity index (χ1v) is 8.51. The molecule has 1 amide bonds. The molecule has 0 fully saturated rings. The molecule has 0 aliphatic carbocycles. The summed E-state index contributed by atoms with van der Waals surface area (Å²) in [6.07, 6.45) is 0.658. The summed E-state index contributed by atoms with van der Waals surface area (Å²) in [7, 11) is 0. The van der Waals surface area contributed by atoms with Gasteiger partial charge >= 0.3 is 5.69 Å². The van der Waals surface area contributed by atoms with Crippen molar-refractivity contribution in [2.45, 2.75) is 6.42 Å². The van der Waals surface area contributed by atoms with E-state index in [2.05, 4.69) is 5.32 Å². The van der Waals surface area contributed by atoms with Gasteiger partial charge in [-0.25, -0.2) is 0 Å². The van der Waals surface area contributed by atoms with Crippen LogP contribution in [0.3, 0.4) is 0 Å². The molecule has 6 nitrogen and oxygen atoms in total. The predicted molar refractivity (Wildman–Crippen MR) is 103 cm³/mol. The van der Waals surface area contributed by atoms with Crippen LogP contribution < -0.4 is 10.1 Å². The van der Waals surface area contributed by atoms with Gasteiger partial charge in [-0.05, 0) is 29.7 Å². The van der Waals surface area contributed by atoms with E-state index >= 15 is 0 Å². The number of anilines is 1. The van der Waals surface area contributed by atoms with Gasteiger partial charge in [0.1, 0.15) is 5.75 Å². The van der Waals surface area contributed by atoms with Gasteiger partial charge in [0, 0.05) is 17.8 Å². The zero-order chi connectivity index (χ0) is 19.9. The van der Waals surface area contributed by atoms with Crippen molar-refractivity contribution in [1.82, 2.24) is 0 Å². The van der Waals surface area contributed by atoms with Crippen molar-refractivity contribution >= 4 is 17.3 Å². The van der Waals surface area contributed by atoms with E-state index in [0.29, 0.717) is 12.1 Å². The number of benzene rings is 3. The number of hydrogen-bond donors (Lipinski definition) is 1. The molecule has 0 atom stereocenters. The number of nitro benzene ring substituents is 1. The predicted octanol–water partition coefficient (Wildman–Crippen LogP) is 4.34. The second-order valence-corrected chi connectivity index (χ2v) is 6.03. The summed E-state index contributed by atoms with van der Waals surface area (Å²) in [4.78, 5) is 22.0. The Morgan fingerprint density at radius 3 is 2.46 bits per heavy atom. The van der Waals surface area contributed by atoms with Crippen LogP contribution in [0, 0.1) is 15.9 Å². The Balaban J connectivity index is 1.62. The first-order valence-electron chi connectivity index (χ1n) is 8.51. The maximum absolute atomic E-state index is 13.6. The molecule has 0 saturated carbocycles. The number of halogens is 1. The van der Waals surface area contributed by atoms with Gasteiger partial charge in [0.25, 0.3) is 5.91 Å². The fourth-order valence-electron chi connectivity index (χ4n) is 2.67. The lowest BCUT2D eigenvalue weighted by atomic mass is 10.0. The van der Waals surface area contributed by atoms with E-state index in [4.69, 9.17) is 4.74 Å². The van der Waals surface area contributed by atoms with Crippen LogP contribution in [0.2, 0.25) is 0 Å². The van der Waals surface area contributed by atoms with E-state index in [1.807, 2.05) is 48.5 Å². The van der Waals surface area contributed by atoms with Crippen LogP contribution in [-0.4, -0.2) is 17.4 Å². The van der Waals surface area contributed by atoms with Crippen LogP contribution in [0.15, 0.2) is 72.8 Å². The summed E-state index contributed by atoms with van der Waals surface area (Å²) < 4.78 is 18.8. The quantitative estimate of drug-likeness (QED) is 0.488. The summed E-state index contributed by atoms with van der Waals surface area (Å²) in [5, 5.41) is 13.4. The lowest BCUT2D eigenvalue weighted by Crippen LogP contribution is -2.21. The molecule has 0 aliphatic rings. The van der Waals surface area contributed by atoms with Gasteiger partial charge in [0.2, 0.25) is 5.82 Å². The maximum Gasteiger partial charge on any atom is 0.305 e. The normalized spacial score (nSPS) is 10.3. The first kappa shape index (κ1) is 19.0.